The van der Waals surface area contributed by atoms with E-state index in [4.69, 9.17) is 0 Å². The predicted molar refractivity (Wildman–Crippen MR) is 48.1 cm³/mol. The van der Waals surface area contributed by atoms with Gasteiger partial charge in [-0.3, -0.25) is 9.59 Å². The van der Waals surface area contributed by atoms with E-state index in [2.05, 4.69) is 10.6 Å². The highest BCUT2D eigenvalue weighted by atomic mass is 16.2. The van der Waals surface area contributed by atoms with E-state index in [1.807, 2.05) is 0 Å². The Morgan fingerprint density at radius 1 is 1.38 bits per heavy atom. The summed E-state index contributed by atoms with van der Waals surface area (Å²) in [6, 6.07) is 0. The number of nitrogens with one attached hydrogen (secondary N) is 2. The SMILES string of the molecule is CC(=O)NCC(=O)N1CCNCC1. The van der Waals surface area contributed by atoms with Crippen LogP contribution in [0.2, 0.25) is 0 Å². The van der Waals surface area contributed by atoms with Crippen LogP contribution in [0.1, 0.15) is 6.92 Å². The first kappa shape index (κ1) is 9.98. The third-order valence-corrected chi connectivity index (χ3v) is 1.96. The van der Waals surface area contributed by atoms with E-state index in [0.717, 1.165) is 26.2 Å². The van der Waals surface area contributed by atoms with Gasteiger partial charge in [-0.25, -0.2) is 0 Å². The number of rotatable bonds is 2. The van der Waals surface area contributed by atoms with Gasteiger partial charge in [-0.15, -0.1) is 0 Å². The molecule has 74 valence electrons. The zero-order valence-electron chi connectivity index (χ0n) is 7.80. The summed E-state index contributed by atoms with van der Waals surface area (Å²) in [5.74, 6) is -0.166. The van der Waals surface area contributed by atoms with Crippen molar-refractivity contribution in [2.75, 3.05) is 32.7 Å². The molecule has 0 aromatic rings. The molecule has 0 atom stereocenters. The predicted octanol–water partition coefficient (Wildman–Crippen LogP) is -1.45. The van der Waals surface area contributed by atoms with E-state index in [0.29, 0.717) is 0 Å². The third-order valence-electron chi connectivity index (χ3n) is 1.96. The summed E-state index contributed by atoms with van der Waals surface area (Å²) >= 11 is 0. The van der Waals surface area contributed by atoms with Crippen molar-refractivity contribution in [2.24, 2.45) is 0 Å². The van der Waals surface area contributed by atoms with Crippen LogP contribution in [-0.4, -0.2) is 49.4 Å². The summed E-state index contributed by atoms with van der Waals surface area (Å²) in [5, 5.41) is 5.65. The van der Waals surface area contributed by atoms with Crippen molar-refractivity contribution < 1.29 is 9.59 Å². The summed E-state index contributed by atoms with van der Waals surface area (Å²) in [6.07, 6.45) is 0. The van der Waals surface area contributed by atoms with Gasteiger partial charge in [-0.2, -0.15) is 0 Å². The van der Waals surface area contributed by atoms with E-state index < -0.39 is 0 Å². The van der Waals surface area contributed by atoms with Crippen molar-refractivity contribution >= 4 is 11.8 Å². The number of carbonyl (C=O) groups is 2. The minimum Gasteiger partial charge on any atom is -0.347 e. The molecule has 2 amide bonds. The first-order chi connectivity index (χ1) is 6.20. The fraction of sp³-hybridized carbons (Fsp3) is 0.750. The average Bonchev–Trinajstić information content (AvgIpc) is 2.15. The monoisotopic (exact) mass is 185 g/mol. The number of amides is 2. The van der Waals surface area contributed by atoms with Crippen LogP contribution >= 0.6 is 0 Å². The van der Waals surface area contributed by atoms with Gasteiger partial charge in [0.2, 0.25) is 11.8 Å². The number of carbonyl (C=O) groups excluding carboxylic acids is 2. The zero-order valence-corrected chi connectivity index (χ0v) is 7.80. The topological polar surface area (TPSA) is 61.4 Å². The molecule has 0 unspecified atom stereocenters. The normalized spacial score (nSPS) is 16.8. The molecule has 0 spiro atoms. The Labute approximate surface area is 77.5 Å². The maximum Gasteiger partial charge on any atom is 0.242 e. The van der Waals surface area contributed by atoms with Gasteiger partial charge in [0.25, 0.3) is 0 Å². The summed E-state index contributed by atoms with van der Waals surface area (Å²) in [4.78, 5) is 23.7. The highest BCUT2D eigenvalue weighted by molar-refractivity contribution is 5.83. The molecule has 0 aromatic carbocycles. The zero-order chi connectivity index (χ0) is 9.68. The van der Waals surface area contributed by atoms with Gasteiger partial charge in [0.1, 0.15) is 0 Å². The highest BCUT2D eigenvalue weighted by Crippen LogP contribution is 1.91. The fourth-order valence-electron chi connectivity index (χ4n) is 1.23. The lowest BCUT2D eigenvalue weighted by atomic mass is 10.3. The molecule has 5 heteroatoms. The lowest BCUT2D eigenvalue weighted by Gasteiger charge is -2.27. The van der Waals surface area contributed by atoms with Crippen LogP contribution in [0.15, 0.2) is 0 Å². The molecule has 0 saturated carbocycles. The maximum absolute atomic E-state index is 11.4. The molecule has 0 aliphatic carbocycles. The van der Waals surface area contributed by atoms with Crippen molar-refractivity contribution in [2.45, 2.75) is 6.92 Å². The Hall–Kier alpha value is -1.10. The molecule has 0 bridgehead atoms. The van der Waals surface area contributed by atoms with Crippen LogP contribution in [0, 0.1) is 0 Å². The van der Waals surface area contributed by atoms with E-state index in [1.165, 1.54) is 6.92 Å². The lowest BCUT2D eigenvalue weighted by molar-refractivity contribution is -0.132. The van der Waals surface area contributed by atoms with Crippen molar-refractivity contribution in [1.29, 1.82) is 0 Å². The Bertz CT molecular complexity index is 200. The number of hydrogen-bond donors (Lipinski definition) is 2. The second-order valence-electron chi connectivity index (χ2n) is 3.04. The molecule has 1 fully saturated rings. The van der Waals surface area contributed by atoms with Crippen LogP contribution in [0.4, 0.5) is 0 Å². The molecule has 1 heterocycles. The summed E-state index contributed by atoms with van der Waals surface area (Å²) in [7, 11) is 0. The van der Waals surface area contributed by atoms with Gasteiger partial charge < -0.3 is 15.5 Å². The van der Waals surface area contributed by atoms with E-state index in [9.17, 15) is 9.59 Å². The molecular formula is C8H15N3O2. The molecule has 0 radical (unpaired) electrons. The van der Waals surface area contributed by atoms with Gasteiger partial charge in [-0.1, -0.05) is 0 Å². The second-order valence-corrected chi connectivity index (χ2v) is 3.04. The van der Waals surface area contributed by atoms with Gasteiger partial charge in [-0.05, 0) is 0 Å². The first-order valence-electron chi connectivity index (χ1n) is 4.43. The molecule has 1 aliphatic heterocycles. The van der Waals surface area contributed by atoms with Crippen molar-refractivity contribution in [3.8, 4) is 0 Å². The van der Waals surface area contributed by atoms with Gasteiger partial charge in [0.15, 0.2) is 0 Å². The van der Waals surface area contributed by atoms with Crippen molar-refractivity contribution in [3.05, 3.63) is 0 Å². The molecule has 5 nitrogen and oxygen atoms in total. The smallest absolute Gasteiger partial charge is 0.242 e. The molecule has 0 aromatic heterocycles. The summed E-state index contributed by atoms with van der Waals surface area (Å²) < 4.78 is 0. The van der Waals surface area contributed by atoms with Crippen LogP contribution < -0.4 is 10.6 Å². The first-order valence-corrected chi connectivity index (χ1v) is 4.43. The molecule has 1 aliphatic rings. The number of piperazine rings is 1. The van der Waals surface area contributed by atoms with Crippen LogP contribution in [0.25, 0.3) is 0 Å². The van der Waals surface area contributed by atoms with Gasteiger partial charge in [0.05, 0.1) is 6.54 Å². The minimum absolute atomic E-state index is 0.00306. The van der Waals surface area contributed by atoms with E-state index >= 15 is 0 Å². The summed E-state index contributed by atoms with van der Waals surface area (Å²) in [5.41, 5.74) is 0. The Balaban J connectivity index is 2.25. The quantitative estimate of drug-likeness (QED) is 0.553. The third kappa shape index (κ3) is 3.42. The van der Waals surface area contributed by atoms with Crippen LogP contribution in [0.5, 0.6) is 0 Å². The molecule has 2 N–H and O–H groups in total. The molecule has 1 saturated heterocycles. The highest BCUT2D eigenvalue weighted by Gasteiger charge is 2.15. The molecule has 13 heavy (non-hydrogen) atoms. The minimum atomic E-state index is -0.163. The van der Waals surface area contributed by atoms with Gasteiger partial charge >= 0.3 is 0 Å². The maximum atomic E-state index is 11.4. The number of hydrogen-bond acceptors (Lipinski definition) is 3. The van der Waals surface area contributed by atoms with Crippen LogP contribution in [0.3, 0.4) is 0 Å². The van der Waals surface area contributed by atoms with E-state index in [1.54, 1.807) is 4.90 Å². The standard InChI is InChI=1S/C8H15N3O2/c1-7(12)10-6-8(13)11-4-2-9-3-5-11/h9H,2-6H2,1H3,(H,10,12). The Morgan fingerprint density at radius 2 is 2.00 bits per heavy atom. The fourth-order valence-corrected chi connectivity index (χ4v) is 1.23. The Morgan fingerprint density at radius 3 is 2.54 bits per heavy atom. The van der Waals surface area contributed by atoms with Crippen LogP contribution in [-0.2, 0) is 9.59 Å². The Kier molecular flexibility index (Phi) is 3.70. The van der Waals surface area contributed by atoms with E-state index in [-0.39, 0.29) is 18.4 Å². The second kappa shape index (κ2) is 4.81. The number of nitrogens with zero attached hydrogens (tertiary/aromatic N) is 1. The largest absolute Gasteiger partial charge is 0.347 e. The van der Waals surface area contributed by atoms with Crippen molar-refractivity contribution in [1.82, 2.24) is 15.5 Å². The molecule has 1 rings (SSSR count). The molecular weight excluding hydrogens is 170 g/mol. The van der Waals surface area contributed by atoms with Crippen molar-refractivity contribution in [3.63, 3.8) is 0 Å². The average molecular weight is 185 g/mol. The van der Waals surface area contributed by atoms with Gasteiger partial charge in [0, 0.05) is 33.1 Å². The lowest BCUT2D eigenvalue weighted by Crippen LogP contribution is -2.49. The summed E-state index contributed by atoms with van der Waals surface area (Å²) in [6.45, 7) is 4.68.